The quantitative estimate of drug-likeness (QED) is 0.542. The van der Waals surface area contributed by atoms with Gasteiger partial charge in [0.05, 0.1) is 11.9 Å². The van der Waals surface area contributed by atoms with Crippen molar-refractivity contribution in [1.29, 1.82) is 0 Å². The van der Waals surface area contributed by atoms with E-state index in [-0.39, 0.29) is 18.6 Å². The van der Waals surface area contributed by atoms with Crippen molar-refractivity contribution < 1.29 is 14.3 Å². The zero-order chi connectivity index (χ0) is 19.6. The molecule has 9 heteroatoms. The van der Waals surface area contributed by atoms with Crippen LogP contribution < -0.4 is 20.1 Å². The van der Waals surface area contributed by atoms with Gasteiger partial charge in [-0.05, 0) is 42.0 Å². The largest absolute Gasteiger partial charge is 0.454 e. The van der Waals surface area contributed by atoms with Crippen molar-refractivity contribution in [3.63, 3.8) is 0 Å². The first-order valence-electron chi connectivity index (χ1n) is 8.95. The molecule has 1 aliphatic rings. The van der Waals surface area contributed by atoms with Crippen LogP contribution in [0.1, 0.15) is 15.9 Å². The van der Waals surface area contributed by atoms with E-state index in [1.54, 1.807) is 29.0 Å². The molecule has 144 valence electrons. The molecule has 0 unspecified atom stereocenters. The van der Waals surface area contributed by atoms with Crippen molar-refractivity contribution in [2.24, 2.45) is 0 Å². The molecule has 1 amide bonds. The minimum Gasteiger partial charge on any atom is -0.454 e. The number of pyridine rings is 2. The molecular weight excluding hydrogens is 372 g/mol. The Morgan fingerprint density at radius 1 is 1.07 bits per heavy atom. The number of aromatic nitrogens is 4. The molecule has 0 saturated heterocycles. The molecule has 4 aromatic rings. The molecule has 0 spiro atoms. The summed E-state index contributed by atoms with van der Waals surface area (Å²) in [6.07, 6.45) is 4.94. The summed E-state index contributed by atoms with van der Waals surface area (Å²) in [5, 5.41) is 10.4. The van der Waals surface area contributed by atoms with Gasteiger partial charge in [-0.2, -0.15) is 4.98 Å². The number of carbonyl (C=O) groups excluding carboxylic acids is 1. The Labute approximate surface area is 165 Å². The number of amides is 1. The van der Waals surface area contributed by atoms with Crippen LogP contribution in [0, 0.1) is 0 Å². The van der Waals surface area contributed by atoms with E-state index in [2.05, 4.69) is 25.7 Å². The Kier molecular flexibility index (Phi) is 4.17. The zero-order valence-corrected chi connectivity index (χ0v) is 15.2. The minimum absolute atomic E-state index is 0.236. The van der Waals surface area contributed by atoms with Gasteiger partial charge in [-0.3, -0.25) is 15.1 Å². The lowest BCUT2D eigenvalue weighted by Crippen LogP contribution is -2.13. The van der Waals surface area contributed by atoms with Crippen LogP contribution in [0.15, 0.2) is 61.1 Å². The standard InChI is InChI=1S/C20H16N6O3/c27-19(14-5-7-21-8-6-14)24-20-23-18-4-2-15(11-26(18)25-20)22-10-13-1-3-16-17(9-13)29-12-28-16/h1-9,11,22H,10,12H2,(H,24,25,27). The van der Waals surface area contributed by atoms with Crippen LogP contribution in [0.2, 0.25) is 0 Å². The molecule has 4 heterocycles. The summed E-state index contributed by atoms with van der Waals surface area (Å²) in [5.41, 5.74) is 3.05. The maximum Gasteiger partial charge on any atom is 0.258 e. The summed E-state index contributed by atoms with van der Waals surface area (Å²) in [7, 11) is 0. The van der Waals surface area contributed by atoms with Gasteiger partial charge < -0.3 is 14.8 Å². The highest BCUT2D eigenvalue weighted by Crippen LogP contribution is 2.32. The average Bonchev–Trinajstić information content (AvgIpc) is 3.38. The number of rotatable bonds is 5. The smallest absolute Gasteiger partial charge is 0.258 e. The number of nitrogens with one attached hydrogen (secondary N) is 2. The highest BCUT2D eigenvalue weighted by molar-refractivity contribution is 6.03. The molecule has 0 saturated carbocycles. The predicted molar refractivity (Wildman–Crippen MR) is 105 cm³/mol. The highest BCUT2D eigenvalue weighted by Gasteiger charge is 2.13. The van der Waals surface area contributed by atoms with Gasteiger partial charge in [0.1, 0.15) is 0 Å². The van der Waals surface area contributed by atoms with Gasteiger partial charge in [-0.15, -0.1) is 5.10 Å². The fourth-order valence-electron chi connectivity index (χ4n) is 2.97. The Balaban J connectivity index is 1.28. The molecule has 1 aromatic carbocycles. The summed E-state index contributed by atoms with van der Waals surface area (Å²) in [6, 6.07) is 12.8. The van der Waals surface area contributed by atoms with E-state index >= 15 is 0 Å². The lowest BCUT2D eigenvalue weighted by molar-refractivity contribution is 0.102. The number of hydrogen-bond acceptors (Lipinski definition) is 7. The predicted octanol–water partition coefficient (Wildman–Crippen LogP) is 2.72. The van der Waals surface area contributed by atoms with E-state index in [0.29, 0.717) is 17.8 Å². The summed E-state index contributed by atoms with van der Waals surface area (Å²) in [6.45, 7) is 0.873. The summed E-state index contributed by atoms with van der Waals surface area (Å²) in [5.74, 6) is 1.47. The van der Waals surface area contributed by atoms with E-state index in [1.165, 1.54) is 0 Å². The minimum atomic E-state index is -0.288. The summed E-state index contributed by atoms with van der Waals surface area (Å²) < 4.78 is 12.3. The number of anilines is 2. The van der Waals surface area contributed by atoms with Crippen LogP contribution >= 0.6 is 0 Å². The van der Waals surface area contributed by atoms with Crippen molar-refractivity contribution in [2.45, 2.75) is 6.54 Å². The van der Waals surface area contributed by atoms with Crippen LogP contribution in [0.3, 0.4) is 0 Å². The lowest BCUT2D eigenvalue weighted by atomic mass is 10.2. The number of fused-ring (bicyclic) bond motifs is 2. The number of benzene rings is 1. The summed E-state index contributed by atoms with van der Waals surface area (Å²) in [4.78, 5) is 20.5. The van der Waals surface area contributed by atoms with Crippen LogP contribution in [-0.4, -0.2) is 32.3 Å². The zero-order valence-electron chi connectivity index (χ0n) is 15.2. The normalized spacial score (nSPS) is 12.1. The summed E-state index contributed by atoms with van der Waals surface area (Å²) >= 11 is 0. The maximum atomic E-state index is 12.2. The Morgan fingerprint density at radius 2 is 1.93 bits per heavy atom. The monoisotopic (exact) mass is 388 g/mol. The third-order valence-corrected chi connectivity index (χ3v) is 4.43. The van der Waals surface area contributed by atoms with Crippen LogP contribution in [0.5, 0.6) is 11.5 Å². The third kappa shape index (κ3) is 3.53. The molecule has 0 radical (unpaired) electrons. The highest BCUT2D eigenvalue weighted by atomic mass is 16.7. The molecule has 1 aliphatic heterocycles. The van der Waals surface area contributed by atoms with Gasteiger partial charge in [0.2, 0.25) is 12.7 Å². The first-order chi connectivity index (χ1) is 14.2. The Hall–Kier alpha value is -4.14. The van der Waals surface area contributed by atoms with Gasteiger partial charge >= 0.3 is 0 Å². The number of nitrogens with zero attached hydrogens (tertiary/aromatic N) is 4. The fraction of sp³-hybridized carbons (Fsp3) is 0.100. The van der Waals surface area contributed by atoms with Crippen molar-refractivity contribution in [2.75, 3.05) is 17.4 Å². The lowest BCUT2D eigenvalue weighted by Gasteiger charge is -2.07. The molecule has 9 nitrogen and oxygen atoms in total. The molecule has 5 rings (SSSR count). The van der Waals surface area contributed by atoms with Crippen molar-refractivity contribution in [1.82, 2.24) is 19.6 Å². The van der Waals surface area contributed by atoms with E-state index in [0.717, 1.165) is 22.7 Å². The topological polar surface area (TPSA) is 103 Å². The van der Waals surface area contributed by atoms with Gasteiger partial charge in [0.25, 0.3) is 5.91 Å². The SMILES string of the molecule is O=C(Nc1nc2ccc(NCc3ccc4c(c3)OCO4)cn2n1)c1ccncc1. The van der Waals surface area contributed by atoms with Gasteiger partial charge in [-0.1, -0.05) is 6.07 Å². The van der Waals surface area contributed by atoms with Crippen LogP contribution in [0.25, 0.3) is 5.65 Å². The number of ether oxygens (including phenoxy) is 2. The van der Waals surface area contributed by atoms with Gasteiger partial charge in [-0.25, -0.2) is 4.52 Å². The van der Waals surface area contributed by atoms with Gasteiger partial charge in [0, 0.05) is 24.5 Å². The van der Waals surface area contributed by atoms with E-state index < -0.39 is 0 Å². The number of carbonyl (C=O) groups is 1. The number of hydrogen-bond donors (Lipinski definition) is 2. The molecule has 2 N–H and O–H groups in total. The second-order valence-electron chi connectivity index (χ2n) is 6.39. The third-order valence-electron chi connectivity index (χ3n) is 4.43. The molecule has 29 heavy (non-hydrogen) atoms. The Bertz CT molecular complexity index is 1190. The van der Waals surface area contributed by atoms with Crippen LogP contribution in [-0.2, 0) is 6.54 Å². The van der Waals surface area contributed by atoms with E-state index in [9.17, 15) is 4.79 Å². The first-order valence-corrected chi connectivity index (χ1v) is 8.95. The van der Waals surface area contributed by atoms with Crippen molar-refractivity contribution >= 4 is 23.2 Å². The Morgan fingerprint density at radius 3 is 2.83 bits per heavy atom. The maximum absolute atomic E-state index is 12.2. The molecule has 0 bridgehead atoms. The molecule has 0 aliphatic carbocycles. The second kappa shape index (κ2) is 7.12. The second-order valence-corrected chi connectivity index (χ2v) is 6.39. The van der Waals surface area contributed by atoms with Crippen molar-refractivity contribution in [3.05, 3.63) is 72.2 Å². The first kappa shape index (κ1) is 17.0. The fourth-order valence-corrected chi connectivity index (χ4v) is 2.97. The average molecular weight is 388 g/mol. The van der Waals surface area contributed by atoms with Crippen LogP contribution in [0.4, 0.5) is 11.6 Å². The molecule has 3 aromatic heterocycles. The van der Waals surface area contributed by atoms with Gasteiger partial charge in [0.15, 0.2) is 17.1 Å². The molecule has 0 atom stereocenters. The van der Waals surface area contributed by atoms with Crippen molar-refractivity contribution in [3.8, 4) is 11.5 Å². The molecular formula is C20H16N6O3. The molecule has 0 fully saturated rings. The van der Waals surface area contributed by atoms with E-state index in [1.807, 2.05) is 36.5 Å². The van der Waals surface area contributed by atoms with E-state index in [4.69, 9.17) is 9.47 Å².